The Bertz CT molecular complexity index is 695. The topological polar surface area (TPSA) is 20.2 Å². The molecule has 0 heterocycles. The minimum Gasteiger partial charge on any atom is -0.384 e. The molecule has 3 rings (SSSR count). The van der Waals surface area contributed by atoms with Crippen LogP contribution in [0.5, 0.6) is 0 Å². The van der Waals surface area contributed by atoms with Crippen LogP contribution in [-0.2, 0) is 0 Å². The molecule has 21 heavy (non-hydrogen) atoms. The molecule has 1 nitrogen and oxygen atoms in total. The smallest absolute Gasteiger partial charge is 0.104 e. The molecule has 2 atom stereocenters. The van der Waals surface area contributed by atoms with Crippen molar-refractivity contribution in [1.29, 1.82) is 0 Å². The van der Waals surface area contributed by atoms with Gasteiger partial charge in [0.25, 0.3) is 0 Å². The van der Waals surface area contributed by atoms with Crippen molar-refractivity contribution in [3.63, 3.8) is 0 Å². The molecule has 2 unspecified atom stereocenters. The summed E-state index contributed by atoms with van der Waals surface area (Å²) < 4.78 is 0. The largest absolute Gasteiger partial charge is 0.384 e. The Kier molecular flexibility index (Phi) is 3.76. The van der Waals surface area contributed by atoms with Crippen LogP contribution in [0, 0.1) is 0 Å². The molecule has 0 saturated heterocycles. The highest BCUT2D eigenvalue weighted by atomic mass is 16.3. The summed E-state index contributed by atoms with van der Waals surface area (Å²) in [5, 5.41) is 10.7. The standard InChI is InChI=1S/C20H20O/c1-14-12-15(2)19(13-14)17-10-6-7-11-18(17)20(21)16-8-4-3-5-9-16/h3-13,19-21H,1-2H3. The normalized spacial score (nSPS) is 19.1. The van der Waals surface area contributed by atoms with Gasteiger partial charge in [0.15, 0.2) is 0 Å². The Morgan fingerprint density at radius 1 is 0.905 bits per heavy atom. The molecule has 0 spiro atoms. The van der Waals surface area contributed by atoms with Crippen molar-refractivity contribution in [2.45, 2.75) is 25.9 Å². The van der Waals surface area contributed by atoms with Gasteiger partial charge in [-0.3, -0.25) is 0 Å². The van der Waals surface area contributed by atoms with E-state index in [1.807, 2.05) is 48.5 Å². The number of aliphatic hydroxyl groups is 1. The molecule has 1 aliphatic rings. The van der Waals surface area contributed by atoms with E-state index in [4.69, 9.17) is 0 Å². The maximum absolute atomic E-state index is 10.7. The molecule has 0 amide bonds. The summed E-state index contributed by atoms with van der Waals surface area (Å²) in [5.74, 6) is 0.277. The van der Waals surface area contributed by atoms with E-state index < -0.39 is 6.10 Å². The monoisotopic (exact) mass is 276 g/mol. The van der Waals surface area contributed by atoms with E-state index in [-0.39, 0.29) is 5.92 Å². The lowest BCUT2D eigenvalue weighted by Crippen LogP contribution is -2.06. The van der Waals surface area contributed by atoms with Gasteiger partial charge in [0.05, 0.1) is 0 Å². The van der Waals surface area contributed by atoms with Crippen LogP contribution in [-0.4, -0.2) is 5.11 Å². The molecule has 106 valence electrons. The fraction of sp³-hybridized carbons (Fsp3) is 0.200. The summed E-state index contributed by atoms with van der Waals surface area (Å²) in [6.07, 6.45) is 3.91. The van der Waals surface area contributed by atoms with Gasteiger partial charge in [-0.25, -0.2) is 0 Å². The Morgan fingerprint density at radius 3 is 2.24 bits per heavy atom. The van der Waals surface area contributed by atoms with Crippen LogP contribution in [0.2, 0.25) is 0 Å². The average molecular weight is 276 g/mol. The second kappa shape index (κ2) is 5.71. The average Bonchev–Trinajstić information content (AvgIpc) is 2.86. The molecule has 1 heteroatoms. The van der Waals surface area contributed by atoms with E-state index in [1.165, 1.54) is 16.7 Å². The van der Waals surface area contributed by atoms with Crippen LogP contribution in [0.15, 0.2) is 77.9 Å². The third kappa shape index (κ3) is 2.70. The highest BCUT2D eigenvalue weighted by Crippen LogP contribution is 2.37. The first-order chi connectivity index (χ1) is 10.2. The van der Waals surface area contributed by atoms with Gasteiger partial charge in [-0.1, -0.05) is 77.9 Å². The molecule has 0 saturated carbocycles. The van der Waals surface area contributed by atoms with Crippen molar-refractivity contribution in [2.75, 3.05) is 0 Å². The van der Waals surface area contributed by atoms with E-state index in [0.717, 1.165) is 11.1 Å². The lowest BCUT2D eigenvalue weighted by atomic mass is 9.87. The molecule has 0 radical (unpaired) electrons. The third-order valence-corrected chi connectivity index (χ3v) is 4.12. The molecule has 1 N–H and O–H groups in total. The first-order valence-electron chi connectivity index (χ1n) is 7.35. The fourth-order valence-electron chi connectivity index (χ4n) is 3.08. The minimum absolute atomic E-state index is 0.277. The zero-order valence-corrected chi connectivity index (χ0v) is 12.5. The molecule has 2 aromatic carbocycles. The van der Waals surface area contributed by atoms with Gasteiger partial charge in [-0.15, -0.1) is 0 Å². The van der Waals surface area contributed by atoms with Gasteiger partial charge in [0.1, 0.15) is 6.10 Å². The number of benzene rings is 2. The van der Waals surface area contributed by atoms with E-state index in [2.05, 4.69) is 32.1 Å². The Labute approximate surface area is 126 Å². The summed E-state index contributed by atoms with van der Waals surface area (Å²) >= 11 is 0. The fourth-order valence-corrected chi connectivity index (χ4v) is 3.08. The Hall–Kier alpha value is -2.12. The summed E-state index contributed by atoms with van der Waals surface area (Å²) in [6, 6.07) is 18.0. The maximum atomic E-state index is 10.7. The van der Waals surface area contributed by atoms with Gasteiger partial charge in [-0.2, -0.15) is 0 Å². The van der Waals surface area contributed by atoms with Crippen molar-refractivity contribution < 1.29 is 5.11 Å². The van der Waals surface area contributed by atoms with E-state index in [0.29, 0.717) is 0 Å². The summed E-state index contributed by atoms with van der Waals surface area (Å²) in [4.78, 5) is 0. The highest BCUT2D eigenvalue weighted by molar-refractivity contribution is 5.48. The van der Waals surface area contributed by atoms with Gasteiger partial charge >= 0.3 is 0 Å². The predicted octanol–water partition coefficient (Wildman–Crippen LogP) is 4.76. The molecule has 2 aromatic rings. The number of hydrogen-bond donors (Lipinski definition) is 1. The zero-order valence-electron chi connectivity index (χ0n) is 12.5. The van der Waals surface area contributed by atoms with Crippen molar-refractivity contribution in [3.8, 4) is 0 Å². The molecule has 0 bridgehead atoms. The zero-order chi connectivity index (χ0) is 14.8. The number of rotatable bonds is 3. The first kappa shape index (κ1) is 13.8. The molecule has 0 fully saturated rings. The maximum Gasteiger partial charge on any atom is 0.104 e. The van der Waals surface area contributed by atoms with Crippen LogP contribution in [0.25, 0.3) is 0 Å². The predicted molar refractivity (Wildman–Crippen MR) is 87.2 cm³/mol. The lowest BCUT2D eigenvalue weighted by Gasteiger charge is -2.20. The van der Waals surface area contributed by atoms with E-state index in [1.54, 1.807) is 0 Å². The van der Waals surface area contributed by atoms with Crippen molar-refractivity contribution in [2.24, 2.45) is 0 Å². The molecular formula is C20H20O. The van der Waals surface area contributed by atoms with Gasteiger partial charge in [-0.05, 0) is 30.5 Å². The van der Waals surface area contributed by atoms with E-state index in [9.17, 15) is 5.11 Å². The van der Waals surface area contributed by atoms with Crippen molar-refractivity contribution in [3.05, 3.63) is 94.6 Å². The SMILES string of the molecule is CC1=CC(c2ccccc2C(O)c2ccccc2)C(C)=C1. The number of aliphatic hydroxyl groups excluding tert-OH is 1. The van der Waals surface area contributed by atoms with Crippen molar-refractivity contribution >= 4 is 0 Å². The Morgan fingerprint density at radius 2 is 1.57 bits per heavy atom. The van der Waals surface area contributed by atoms with Crippen molar-refractivity contribution in [1.82, 2.24) is 0 Å². The second-order valence-electron chi connectivity index (χ2n) is 5.72. The van der Waals surface area contributed by atoms with Crippen LogP contribution in [0.4, 0.5) is 0 Å². The van der Waals surface area contributed by atoms with Crippen LogP contribution in [0.1, 0.15) is 42.6 Å². The molecule has 0 aromatic heterocycles. The van der Waals surface area contributed by atoms with Gasteiger partial charge < -0.3 is 5.11 Å². The van der Waals surface area contributed by atoms with E-state index >= 15 is 0 Å². The summed E-state index contributed by atoms with van der Waals surface area (Å²) in [7, 11) is 0. The van der Waals surface area contributed by atoms with Gasteiger partial charge in [0.2, 0.25) is 0 Å². The van der Waals surface area contributed by atoms with Crippen LogP contribution in [0.3, 0.4) is 0 Å². The summed E-state index contributed by atoms with van der Waals surface area (Å²) in [6.45, 7) is 4.28. The first-order valence-corrected chi connectivity index (χ1v) is 7.35. The number of allylic oxidation sites excluding steroid dienone is 4. The van der Waals surface area contributed by atoms with Gasteiger partial charge in [0, 0.05) is 5.92 Å². The number of hydrogen-bond acceptors (Lipinski definition) is 1. The molecule has 1 aliphatic carbocycles. The lowest BCUT2D eigenvalue weighted by molar-refractivity contribution is 0.219. The highest BCUT2D eigenvalue weighted by Gasteiger charge is 2.22. The molecular weight excluding hydrogens is 256 g/mol. The minimum atomic E-state index is -0.579. The molecule has 0 aliphatic heterocycles. The summed E-state index contributed by atoms with van der Waals surface area (Å²) in [5.41, 5.74) is 5.75. The second-order valence-corrected chi connectivity index (χ2v) is 5.72. The quantitative estimate of drug-likeness (QED) is 0.857. The third-order valence-electron chi connectivity index (χ3n) is 4.12. The van der Waals surface area contributed by atoms with Crippen LogP contribution < -0.4 is 0 Å². The van der Waals surface area contributed by atoms with Crippen LogP contribution >= 0.6 is 0 Å². The Balaban J connectivity index is 2.03.